The van der Waals surface area contributed by atoms with Gasteiger partial charge in [-0.05, 0) is 37.5 Å². The van der Waals surface area contributed by atoms with Crippen molar-refractivity contribution in [3.63, 3.8) is 0 Å². The van der Waals surface area contributed by atoms with Crippen LogP contribution < -0.4 is 4.74 Å². The zero-order valence-corrected chi connectivity index (χ0v) is 10.8. The van der Waals surface area contributed by atoms with Crippen LogP contribution >= 0.6 is 0 Å². The van der Waals surface area contributed by atoms with Gasteiger partial charge >= 0.3 is 5.97 Å². The van der Waals surface area contributed by atoms with Crippen molar-refractivity contribution in [2.24, 2.45) is 0 Å². The lowest BCUT2D eigenvalue weighted by molar-refractivity contribution is -0.153. The first kappa shape index (κ1) is 12.5. The van der Waals surface area contributed by atoms with Gasteiger partial charge in [-0.15, -0.1) is 0 Å². The van der Waals surface area contributed by atoms with Crippen LogP contribution in [0.5, 0.6) is 5.75 Å². The molecule has 19 heavy (non-hydrogen) atoms. The van der Waals surface area contributed by atoms with Crippen molar-refractivity contribution in [2.45, 2.75) is 43.8 Å². The van der Waals surface area contributed by atoms with Gasteiger partial charge in [0.2, 0.25) is 0 Å². The second-order valence-electron chi connectivity index (χ2n) is 5.45. The van der Waals surface area contributed by atoms with Gasteiger partial charge in [-0.25, -0.2) is 4.79 Å². The molecule has 1 atom stereocenters. The Morgan fingerprint density at radius 3 is 2.95 bits per heavy atom. The molecular formula is C15H18O4. The summed E-state index contributed by atoms with van der Waals surface area (Å²) in [7, 11) is 0. The minimum absolute atomic E-state index is 0.0489. The SMILES string of the molecule is O=C(O)c1cccc(OC2CCOC3(CCC3)C2)c1. The van der Waals surface area contributed by atoms with Gasteiger partial charge in [0, 0.05) is 12.8 Å². The fraction of sp³-hybridized carbons (Fsp3) is 0.533. The Hall–Kier alpha value is -1.55. The second kappa shape index (κ2) is 4.85. The van der Waals surface area contributed by atoms with Gasteiger partial charge in [0.15, 0.2) is 0 Å². The molecule has 0 aromatic heterocycles. The number of carboxylic acids is 1. The van der Waals surface area contributed by atoms with Crippen molar-refractivity contribution in [3.8, 4) is 5.75 Å². The zero-order chi connectivity index (χ0) is 13.3. The van der Waals surface area contributed by atoms with Crippen LogP contribution in [-0.4, -0.2) is 29.4 Å². The highest BCUT2D eigenvalue weighted by atomic mass is 16.5. The largest absolute Gasteiger partial charge is 0.490 e. The van der Waals surface area contributed by atoms with Crippen LogP contribution in [0.15, 0.2) is 24.3 Å². The molecule has 1 unspecified atom stereocenters. The smallest absolute Gasteiger partial charge is 0.335 e. The van der Waals surface area contributed by atoms with Gasteiger partial charge in [0.1, 0.15) is 11.9 Å². The summed E-state index contributed by atoms with van der Waals surface area (Å²) in [6.07, 6.45) is 5.42. The van der Waals surface area contributed by atoms with Gasteiger partial charge in [-0.3, -0.25) is 0 Å². The van der Waals surface area contributed by atoms with E-state index in [1.807, 2.05) is 6.07 Å². The maximum absolute atomic E-state index is 10.9. The van der Waals surface area contributed by atoms with Gasteiger partial charge < -0.3 is 14.6 Å². The average Bonchev–Trinajstić information content (AvgIpc) is 2.37. The van der Waals surface area contributed by atoms with Gasteiger partial charge in [-0.1, -0.05) is 6.07 Å². The predicted octanol–water partition coefficient (Wildman–Crippen LogP) is 2.87. The maximum atomic E-state index is 10.9. The van der Waals surface area contributed by atoms with Crippen molar-refractivity contribution in [1.82, 2.24) is 0 Å². The molecule has 1 heterocycles. The third kappa shape index (κ3) is 2.59. The first-order chi connectivity index (χ1) is 9.17. The molecule has 1 aromatic rings. The Labute approximate surface area is 112 Å². The molecule has 4 heteroatoms. The Bertz CT molecular complexity index is 479. The normalized spacial score (nSPS) is 24.7. The maximum Gasteiger partial charge on any atom is 0.335 e. The standard InChI is InChI=1S/C15H18O4/c16-14(17)11-3-1-4-12(9-11)19-13-5-8-18-15(10-13)6-2-7-15/h1,3-4,9,13H,2,5-8,10H2,(H,16,17). The summed E-state index contributed by atoms with van der Waals surface area (Å²) in [5.41, 5.74) is 0.316. The van der Waals surface area contributed by atoms with Crippen molar-refractivity contribution < 1.29 is 19.4 Å². The number of carbonyl (C=O) groups is 1. The molecule has 3 rings (SSSR count). The first-order valence-corrected chi connectivity index (χ1v) is 6.81. The van der Waals surface area contributed by atoms with Crippen LogP contribution in [0.3, 0.4) is 0 Å². The van der Waals surface area contributed by atoms with E-state index < -0.39 is 5.97 Å². The minimum Gasteiger partial charge on any atom is -0.490 e. The number of carboxylic acid groups (broad SMARTS) is 1. The quantitative estimate of drug-likeness (QED) is 0.910. The third-order valence-electron chi connectivity index (χ3n) is 4.10. The minimum atomic E-state index is -0.923. The van der Waals surface area contributed by atoms with Crippen molar-refractivity contribution >= 4 is 5.97 Å². The number of aromatic carboxylic acids is 1. The molecule has 2 aliphatic rings. The van der Waals surface area contributed by atoms with E-state index >= 15 is 0 Å². The van der Waals surface area contributed by atoms with Crippen LogP contribution in [0, 0.1) is 0 Å². The first-order valence-electron chi connectivity index (χ1n) is 6.81. The molecule has 1 aliphatic heterocycles. The van der Waals surface area contributed by atoms with Crippen molar-refractivity contribution in [2.75, 3.05) is 6.61 Å². The molecule has 1 saturated heterocycles. The summed E-state index contributed by atoms with van der Waals surface area (Å²) < 4.78 is 11.8. The third-order valence-corrected chi connectivity index (χ3v) is 4.10. The highest BCUT2D eigenvalue weighted by molar-refractivity contribution is 5.87. The van der Waals surface area contributed by atoms with E-state index in [0.717, 1.165) is 32.3 Å². The highest BCUT2D eigenvalue weighted by Gasteiger charge is 2.43. The Morgan fingerprint density at radius 2 is 2.26 bits per heavy atom. The van der Waals surface area contributed by atoms with Crippen LogP contribution in [0.4, 0.5) is 0 Å². The Morgan fingerprint density at radius 1 is 1.42 bits per heavy atom. The van der Waals surface area contributed by atoms with E-state index in [0.29, 0.717) is 5.75 Å². The van der Waals surface area contributed by atoms with E-state index in [1.165, 1.54) is 6.42 Å². The Balaban J connectivity index is 1.67. The summed E-state index contributed by atoms with van der Waals surface area (Å²) in [5.74, 6) is -0.283. The van der Waals surface area contributed by atoms with Crippen molar-refractivity contribution in [1.29, 1.82) is 0 Å². The predicted molar refractivity (Wildman–Crippen MR) is 69.6 cm³/mol. The van der Waals surface area contributed by atoms with E-state index in [2.05, 4.69) is 0 Å². The number of rotatable bonds is 3. The molecule has 1 aliphatic carbocycles. The van der Waals surface area contributed by atoms with Crippen LogP contribution in [0.25, 0.3) is 0 Å². The van der Waals surface area contributed by atoms with Crippen LogP contribution in [-0.2, 0) is 4.74 Å². The lowest BCUT2D eigenvalue weighted by Gasteiger charge is -2.46. The lowest BCUT2D eigenvalue weighted by atomic mass is 9.74. The number of benzene rings is 1. The van der Waals surface area contributed by atoms with Crippen LogP contribution in [0.1, 0.15) is 42.5 Å². The molecule has 0 bridgehead atoms. The molecule has 0 amide bonds. The second-order valence-corrected chi connectivity index (χ2v) is 5.45. The van der Waals surface area contributed by atoms with Gasteiger partial charge in [0.05, 0.1) is 17.8 Å². The number of hydrogen-bond acceptors (Lipinski definition) is 3. The van der Waals surface area contributed by atoms with E-state index in [4.69, 9.17) is 14.6 Å². The number of hydrogen-bond donors (Lipinski definition) is 1. The molecule has 102 valence electrons. The fourth-order valence-corrected chi connectivity index (χ4v) is 2.90. The molecule has 0 radical (unpaired) electrons. The molecule has 1 saturated carbocycles. The average molecular weight is 262 g/mol. The molecule has 4 nitrogen and oxygen atoms in total. The fourth-order valence-electron chi connectivity index (χ4n) is 2.90. The van der Waals surface area contributed by atoms with Gasteiger partial charge in [-0.2, -0.15) is 0 Å². The molecule has 1 aromatic carbocycles. The molecule has 2 fully saturated rings. The van der Waals surface area contributed by atoms with Crippen molar-refractivity contribution in [3.05, 3.63) is 29.8 Å². The van der Waals surface area contributed by atoms with E-state index in [1.54, 1.807) is 18.2 Å². The summed E-state index contributed by atoms with van der Waals surface area (Å²) >= 11 is 0. The summed E-state index contributed by atoms with van der Waals surface area (Å²) in [6.45, 7) is 0.739. The molecular weight excluding hydrogens is 244 g/mol. The lowest BCUT2D eigenvalue weighted by Crippen LogP contribution is -2.48. The highest BCUT2D eigenvalue weighted by Crippen LogP contribution is 2.43. The summed E-state index contributed by atoms with van der Waals surface area (Å²) in [6, 6.07) is 6.70. The molecule has 1 spiro atoms. The zero-order valence-electron chi connectivity index (χ0n) is 10.8. The van der Waals surface area contributed by atoms with E-state index in [9.17, 15) is 4.79 Å². The number of ether oxygens (including phenoxy) is 2. The van der Waals surface area contributed by atoms with Crippen LogP contribution in [0.2, 0.25) is 0 Å². The summed E-state index contributed by atoms with van der Waals surface area (Å²) in [5, 5.41) is 8.97. The Kier molecular flexibility index (Phi) is 3.19. The molecule has 1 N–H and O–H groups in total. The topological polar surface area (TPSA) is 55.8 Å². The monoisotopic (exact) mass is 262 g/mol. The van der Waals surface area contributed by atoms with Gasteiger partial charge in [0.25, 0.3) is 0 Å². The van der Waals surface area contributed by atoms with E-state index in [-0.39, 0.29) is 17.3 Å². The summed E-state index contributed by atoms with van der Waals surface area (Å²) in [4.78, 5) is 10.9.